The van der Waals surface area contributed by atoms with Crippen LogP contribution >= 0.6 is 0 Å². The molecule has 1 aliphatic heterocycles. The van der Waals surface area contributed by atoms with Gasteiger partial charge in [0.2, 0.25) is 0 Å². The molecule has 20 heavy (non-hydrogen) atoms. The van der Waals surface area contributed by atoms with Gasteiger partial charge in [0.15, 0.2) is 17.8 Å². The highest BCUT2D eigenvalue weighted by Gasteiger charge is 2.27. The summed E-state index contributed by atoms with van der Waals surface area (Å²) >= 11 is 0. The lowest BCUT2D eigenvalue weighted by atomic mass is 10.2. The third-order valence-electron chi connectivity index (χ3n) is 2.77. The van der Waals surface area contributed by atoms with Crippen molar-refractivity contribution >= 4 is 0 Å². The van der Waals surface area contributed by atoms with Crippen molar-refractivity contribution in [1.29, 1.82) is 0 Å². The van der Waals surface area contributed by atoms with E-state index < -0.39 is 12.9 Å². The standard InChI is InChI=1S/C13H17F2NO4/c1-2-17-11-5-8(3-4-10(11)20-13(14)15)12-18-7-9(6-16)19-12/h3-5,9,12-13H,2,6-7,16H2,1H3. The molecule has 2 rings (SSSR count). The Morgan fingerprint density at radius 1 is 1.40 bits per heavy atom. The Labute approximate surface area is 115 Å². The number of alkyl halides is 2. The molecular weight excluding hydrogens is 272 g/mol. The molecule has 7 heteroatoms. The molecule has 2 unspecified atom stereocenters. The summed E-state index contributed by atoms with van der Waals surface area (Å²) < 4.78 is 45.3. The molecule has 1 aromatic rings. The van der Waals surface area contributed by atoms with Crippen molar-refractivity contribution in [2.45, 2.75) is 25.9 Å². The number of hydrogen-bond donors (Lipinski definition) is 1. The summed E-state index contributed by atoms with van der Waals surface area (Å²) in [6.45, 7) is -0.0465. The van der Waals surface area contributed by atoms with Crippen molar-refractivity contribution in [2.75, 3.05) is 19.8 Å². The van der Waals surface area contributed by atoms with Crippen LogP contribution in [0, 0.1) is 0 Å². The van der Waals surface area contributed by atoms with Crippen molar-refractivity contribution < 1.29 is 27.7 Å². The predicted molar refractivity (Wildman–Crippen MR) is 66.9 cm³/mol. The van der Waals surface area contributed by atoms with Gasteiger partial charge < -0.3 is 24.7 Å². The van der Waals surface area contributed by atoms with Crippen molar-refractivity contribution in [3.8, 4) is 11.5 Å². The summed E-state index contributed by atoms with van der Waals surface area (Å²) in [4.78, 5) is 0. The minimum atomic E-state index is -2.90. The Morgan fingerprint density at radius 3 is 2.80 bits per heavy atom. The van der Waals surface area contributed by atoms with Crippen LogP contribution in [0.5, 0.6) is 11.5 Å². The van der Waals surface area contributed by atoms with E-state index >= 15 is 0 Å². The summed E-state index contributed by atoms with van der Waals surface area (Å²) in [5.41, 5.74) is 6.17. The second-order valence-corrected chi connectivity index (χ2v) is 4.18. The quantitative estimate of drug-likeness (QED) is 0.868. The largest absolute Gasteiger partial charge is 0.490 e. The van der Waals surface area contributed by atoms with Gasteiger partial charge in [0, 0.05) is 12.1 Å². The van der Waals surface area contributed by atoms with Gasteiger partial charge in [0.1, 0.15) is 0 Å². The maximum Gasteiger partial charge on any atom is 0.387 e. The van der Waals surface area contributed by atoms with Crippen LogP contribution in [0.1, 0.15) is 18.8 Å². The van der Waals surface area contributed by atoms with Crippen LogP contribution in [-0.4, -0.2) is 32.5 Å². The highest BCUT2D eigenvalue weighted by atomic mass is 19.3. The highest BCUT2D eigenvalue weighted by Crippen LogP contribution is 2.35. The normalized spacial score (nSPS) is 22.2. The third kappa shape index (κ3) is 3.56. The van der Waals surface area contributed by atoms with E-state index in [4.69, 9.17) is 19.9 Å². The fraction of sp³-hybridized carbons (Fsp3) is 0.538. The molecule has 0 saturated carbocycles. The van der Waals surface area contributed by atoms with Gasteiger partial charge in [-0.1, -0.05) is 0 Å². The zero-order valence-corrected chi connectivity index (χ0v) is 11.1. The van der Waals surface area contributed by atoms with Crippen LogP contribution < -0.4 is 15.2 Å². The SMILES string of the molecule is CCOc1cc(C2OCC(CN)O2)ccc1OC(F)F. The van der Waals surface area contributed by atoms with E-state index in [9.17, 15) is 8.78 Å². The summed E-state index contributed by atoms with van der Waals surface area (Å²) in [6, 6.07) is 4.59. The molecule has 1 saturated heterocycles. The molecule has 2 atom stereocenters. The number of rotatable bonds is 6. The Balaban J connectivity index is 2.16. The second kappa shape index (κ2) is 6.83. The van der Waals surface area contributed by atoms with Crippen molar-refractivity contribution in [3.05, 3.63) is 23.8 Å². The molecule has 1 aromatic carbocycles. The summed E-state index contributed by atoms with van der Waals surface area (Å²) in [7, 11) is 0. The zero-order valence-electron chi connectivity index (χ0n) is 11.1. The molecule has 1 heterocycles. The topological polar surface area (TPSA) is 62.9 Å². The molecule has 0 amide bonds. The smallest absolute Gasteiger partial charge is 0.387 e. The van der Waals surface area contributed by atoms with E-state index in [2.05, 4.69) is 4.74 Å². The minimum Gasteiger partial charge on any atom is -0.490 e. The van der Waals surface area contributed by atoms with Gasteiger partial charge in [0.25, 0.3) is 0 Å². The summed E-state index contributed by atoms with van der Waals surface area (Å²) in [5, 5.41) is 0. The van der Waals surface area contributed by atoms with Gasteiger partial charge in [0.05, 0.1) is 19.3 Å². The first-order valence-corrected chi connectivity index (χ1v) is 6.32. The lowest BCUT2D eigenvalue weighted by Crippen LogP contribution is -2.21. The third-order valence-corrected chi connectivity index (χ3v) is 2.77. The maximum absolute atomic E-state index is 12.3. The van der Waals surface area contributed by atoms with E-state index in [1.807, 2.05) is 0 Å². The van der Waals surface area contributed by atoms with Crippen LogP contribution in [0.3, 0.4) is 0 Å². The fourth-order valence-electron chi connectivity index (χ4n) is 1.88. The predicted octanol–water partition coefficient (Wildman–Crippen LogP) is 2.06. The first-order chi connectivity index (χ1) is 9.63. The van der Waals surface area contributed by atoms with Crippen molar-refractivity contribution in [1.82, 2.24) is 0 Å². The molecule has 0 radical (unpaired) electrons. The van der Waals surface area contributed by atoms with E-state index in [0.717, 1.165) is 0 Å². The number of hydrogen-bond acceptors (Lipinski definition) is 5. The van der Waals surface area contributed by atoms with E-state index in [-0.39, 0.29) is 17.6 Å². The molecule has 0 aliphatic carbocycles. The average Bonchev–Trinajstić information content (AvgIpc) is 2.89. The lowest BCUT2D eigenvalue weighted by Gasteiger charge is -2.15. The number of ether oxygens (including phenoxy) is 4. The average molecular weight is 289 g/mol. The molecule has 0 aromatic heterocycles. The van der Waals surface area contributed by atoms with Gasteiger partial charge in [-0.25, -0.2) is 0 Å². The molecule has 0 bridgehead atoms. The second-order valence-electron chi connectivity index (χ2n) is 4.18. The van der Waals surface area contributed by atoms with E-state index in [0.29, 0.717) is 25.3 Å². The van der Waals surface area contributed by atoms with Gasteiger partial charge in [-0.05, 0) is 25.1 Å². The van der Waals surface area contributed by atoms with E-state index in [1.54, 1.807) is 19.1 Å². The number of nitrogens with two attached hydrogens (primary N) is 1. The molecule has 2 N–H and O–H groups in total. The lowest BCUT2D eigenvalue weighted by molar-refractivity contribution is -0.0594. The Morgan fingerprint density at radius 2 is 2.20 bits per heavy atom. The number of benzene rings is 1. The Bertz CT molecular complexity index is 444. The van der Waals surface area contributed by atoms with Crippen LogP contribution in [0.2, 0.25) is 0 Å². The fourth-order valence-corrected chi connectivity index (χ4v) is 1.88. The monoisotopic (exact) mass is 289 g/mol. The van der Waals surface area contributed by atoms with Gasteiger partial charge >= 0.3 is 6.61 Å². The van der Waals surface area contributed by atoms with E-state index in [1.165, 1.54) is 6.07 Å². The molecule has 5 nitrogen and oxygen atoms in total. The zero-order chi connectivity index (χ0) is 14.5. The van der Waals surface area contributed by atoms with Crippen molar-refractivity contribution in [3.63, 3.8) is 0 Å². The van der Waals surface area contributed by atoms with Crippen LogP contribution in [0.15, 0.2) is 18.2 Å². The van der Waals surface area contributed by atoms with Gasteiger partial charge in [-0.2, -0.15) is 8.78 Å². The minimum absolute atomic E-state index is 0.0148. The Kier molecular flexibility index (Phi) is 5.11. The highest BCUT2D eigenvalue weighted by molar-refractivity contribution is 5.43. The first kappa shape index (κ1) is 15.0. The maximum atomic E-state index is 12.3. The van der Waals surface area contributed by atoms with Crippen molar-refractivity contribution in [2.24, 2.45) is 5.73 Å². The van der Waals surface area contributed by atoms with Gasteiger partial charge in [-0.15, -0.1) is 0 Å². The molecule has 1 aliphatic rings. The molecule has 112 valence electrons. The van der Waals surface area contributed by atoms with Crippen LogP contribution in [0.4, 0.5) is 8.78 Å². The van der Waals surface area contributed by atoms with Gasteiger partial charge in [-0.3, -0.25) is 0 Å². The molecular formula is C13H17F2NO4. The summed E-state index contributed by atoms with van der Waals surface area (Å²) in [6.07, 6.45) is -0.726. The Hall–Kier alpha value is -1.44. The summed E-state index contributed by atoms with van der Waals surface area (Å²) in [5.74, 6) is 0.215. The molecule has 1 fully saturated rings. The van der Waals surface area contributed by atoms with Crippen LogP contribution in [0.25, 0.3) is 0 Å². The van der Waals surface area contributed by atoms with Crippen LogP contribution in [-0.2, 0) is 9.47 Å². The number of halogens is 2. The first-order valence-electron chi connectivity index (χ1n) is 6.32. The molecule has 0 spiro atoms.